The predicted molar refractivity (Wildman–Crippen MR) is 108 cm³/mol. The topological polar surface area (TPSA) is 82.0 Å². The minimum absolute atomic E-state index is 0.0364. The fourth-order valence-corrected chi connectivity index (χ4v) is 3.77. The van der Waals surface area contributed by atoms with Crippen LogP contribution in [0.5, 0.6) is 5.75 Å². The van der Waals surface area contributed by atoms with Gasteiger partial charge in [-0.3, -0.25) is 0 Å². The van der Waals surface area contributed by atoms with Gasteiger partial charge in [0.2, 0.25) is 0 Å². The summed E-state index contributed by atoms with van der Waals surface area (Å²) in [5, 5.41) is 3.86. The molecule has 1 heterocycles. The maximum Gasteiger partial charge on any atom is 0.368 e. The predicted octanol–water partition coefficient (Wildman–Crippen LogP) is 3.80. The fourth-order valence-electron chi connectivity index (χ4n) is 2.80. The number of para-hydroxylation sites is 1. The molecule has 0 bridgehead atoms. The molecule has 0 unspecified atom stereocenters. The van der Waals surface area contributed by atoms with Crippen molar-refractivity contribution in [1.82, 2.24) is 0 Å². The first kappa shape index (κ1) is 18.6. The summed E-state index contributed by atoms with van der Waals surface area (Å²) in [6, 6.07) is 23.5. The van der Waals surface area contributed by atoms with Crippen LogP contribution < -0.4 is 4.18 Å². The van der Waals surface area contributed by atoms with E-state index < -0.39 is 16.1 Å². The second-order valence-corrected chi connectivity index (χ2v) is 7.68. The Balaban J connectivity index is 1.72. The average molecular weight is 405 g/mol. The quantitative estimate of drug-likeness (QED) is 0.366. The van der Waals surface area contributed by atoms with E-state index >= 15 is 0 Å². The minimum atomic E-state index is -4.02. The van der Waals surface area contributed by atoms with Crippen molar-refractivity contribution in [3.05, 3.63) is 102 Å². The van der Waals surface area contributed by atoms with Crippen molar-refractivity contribution in [2.75, 3.05) is 0 Å². The van der Waals surface area contributed by atoms with Crippen LogP contribution in [0, 0.1) is 0 Å². The van der Waals surface area contributed by atoms with E-state index in [0.29, 0.717) is 16.8 Å². The second kappa shape index (κ2) is 7.73. The molecular weight excluding hydrogens is 390 g/mol. The summed E-state index contributed by atoms with van der Waals surface area (Å²) >= 11 is 0. The molecule has 0 saturated heterocycles. The molecule has 144 valence electrons. The Morgan fingerprint density at radius 2 is 1.45 bits per heavy atom. The number of hydrogen-bond acceptors (Lipinski definition) is 6. The number of benzene rings is 3. The highest BCUT2D eigenvalue weighted by Crippen LogP contribution is 2.28. The van der Waals surface area contributed by atoms with Crippen LogP contribution in [0.4, 0.5) is 0 Å². The molecular formula is C22H15NO5S. The third-order valence-corrected chi connectivity index (χ3v) is 5.44. The maximum absolute atomic E-state index is 12.6. The average Bonchev–Trinajstić information content (AvgIpc) is 3.11. The van der Waals surface area contributed by atoms with Gasteiger partial charge in [-0.2, -0.15) is 8.42 Å². The molecule has 1 aliphatic heterocycles. The molecule has 0 radical (unpaired) electrons. The van der Waals surface area contributed by atoms with Gasteiger partial charge in [0.1, 0.15) is 16.4 Å². The van der Waals surface area contributed by atoms with E-state index in [4.69, 9.17) is 9.02 Å². The van der Waals surface area contributed by atoms with Gasteiger partial charge >= 0.3 is 16.1 Å². The van der Waals surface area contributed by atoms with Crippen LogP contribution in [-0.2, 0) is 19.8 Å². The molecule has 7 heteroatoms. The summed E-state index contributed by atoms with van der Waals surface area (Å²) in [5.74, 6) is -0.527. The molecule has 0 spiro atoms. The summed E-state index contributed by atoms with van der Waals surface area (Å²) in [5.41, 5.74) is 1.70. The lowest BCUT2D eigenvalue weighted by atomic mass is 10.0. The van der Waals surface area contributed by atoms with Gasteiger partial charge in [-0.05, 0) is 24.3 Å². The van der Waals surface area contributed by atoms with E-state index in [1.165, 1.54) is 24.3 Å². The third-order valence-electron chi connectivity index (χ3n) is 4.19. The molecule has 0 aromatic heterocycles. The molecule has 0 aliphatic carbocycles. The first-order valence-corrected chi connectivity index (χ1v) is 10.1. The molecule has 0 amide bonds. The zero-order valence-electron chi connectivity index (χ0n) is 15.1. The Kier molecular flexibility index (Phi) is 4.97. The number of hydrogen-bond donors (Lipinski definition) is 0. The van der Waals surface area contributed by atoms with Gasteiger partial charge in [-0.15, -0.1) is 0 Å². The highest BCUT2D eigenvalue weighted by atomic mass is 32.2. The summed E-state index contributed by atoms with van der Waals surface area (Å²) < 4.78 is 30.5. The van der Waals surface area contributed by atoms with Crippen LogP contribution >= 0.6 is 0 Å². The molecule has 0 atom stereocenters. The van der Waals surface area contributed by atoms with Crippen molar-refractivity contribution in [3.63, 3.8) is 0 Å². The summed E-state index contributed by atoms with van der Waals surface area (Å²) in [6.45, 7) is 0. The second-order valence-electron chi connectivity index (χ2n) is 6.13. The normalized spacial score (nSPS) is 15.1. The smallest absolute Gasteiger partial charge is 0.368 e. The van der Waals surface area contributed by atoms with Crippen molar-refractivity contribution in [3.8, 4) is 5.75 Å². The third kappa shape index (κ3) is 3.95. The van der Waals surface area contributed by atoms with Crippen molar-refractivity contribution in [2.45, 2.75) is 4.90 Å². The Labute approximate surface area is 167 Å². The molecule has 3 aromatic rings. The number of nitrogens with zero attached hydrogens (tertiary/aromatic N) is 1. The van der Waals surface area contributed by atoms with Crippen LogP contribution in [0.2, 0.25) is 0 Å². The van der Waals surface area contributed by atoms with E-state index in [2.05, 4.69) is 5.16 Å². The van der Waals surface area contributed by atoms with E-state index in [0.717, 1.165) is 0 Å². The van der Waals surface area contributed by atoms with Crippen LogP contribution in [0.3, 0.4) is 0 Å². The summed E-state index contributed by atoms with van der Waals surface area (Å²) in [4.78, 5) is 17.1. The molecule has 0 N–H and O–H groups in total. The Morgan fingerprint density at radius 1 is 0.828 bits per heavy atom. The number of rotatable bonds is 5. The van der Waals surface area contributed by atoms with Gasteiger partial charge in [0, 0.05) is 11.1 Å². The fraction of sp³-hybridized carbons (Fsp3) is 0. The molecule has 4 rings (SSSR count). The Bertz CT molecular complexity index is 1220. The molecule has 6 nitrogen and oxygen atoms in total. The van der Waals surface area contributed by atoms with Crippen LogP contribution in [-0.4, -0.2) is 20.1 Å². The van der Waals surface area contributed by atoms with Crippen molar-refractivity contribution < 1.29 is 22.2 Å². The van der Waals surface area contributed by atoms with Gasteiger partial charge < -0.3 is 9.02 Å². The van der Waals surface area contributed by atoms with Crippen molar-refractivity contribution >= 4 is 27.9 Å². The molecule has 0 saturated carbocycles. The summed E-state index contributed by atoms with van der Waals surface area (Å²) in [7, 11) is -4.02. The van der Waals surface area contributed by atoms with E-state index in [1.807, 2.05) is 18.2 Å². The van der Waals surface area contributed by atoms with Crippen molar-refractivity contribution in [2.24, 2.45) is 5.16 Å². The van der Waals surface area contributed by atoms with Crippen LogP contribution in [0.25, 0.3) is 6.08 Å². The Hall–Kier alpha value is -3.71. The van der Waals surface area contributed by atoms with Gasteiger partial charge in [0.05, 0.1) is 5.57 Å². The zero-order valence-corrected chi connectivity index (χ0v) is 15.9. The Morgan fingerprint density at radius 3 is 2.17 bits per heavy atom. The molecule has 0 fully saturated rings. The largest absolute Gasteiger partial charge is 0.378 e. The van der Waals surface area contributed by atoms with Crippen LogP contribution in [0.15, 0.2) is 101 Å². The first-order valence-electron chi connectivity index (χ1n) is 8.70. The molecule has 3 aromatic carbocycles. The number of carbonyl (C=O) groups excluding carboxylic acids is 1. The minimum Gasteiger partial charge on any atom is -0.378 e. The van der Waals surface area contributed by atoms with Gasteiger partial charge in [-0.1, -0.05) is 71.9 Å². The summed E-state index contributed by atoms with van der Waals surface area (Å²) in [6.07, 6.45) is 1.51. The first-order chi connectivity index (χ1) is 14.0. The lowest BCUT2D eigenvalue weighted by Crippen LogP contribution is -2.11. The standard InChI is InChI=1S/C22H15NO5S/c24-22-19(21(23-27-22)16-9-3-1-4-10-16)15-17-11-7-8-14-20(17)28-29(25,26)18-12-5-2-6-13-18/h1-15H/b19-15+. The highest BCUT2D eigenvalue weighted by Gasteiger charge is 2.27. The SMILES string of the molecule is O=C1ON=C(c2ccccc2)/C1=C\c1ccccc1OS(=O)(=O)c1ccccc1. The van der Waals surface area contributed by atoms with Gasteiger partial charge in [0.25, 0.3) is 0 Å². The van der Waals surface area contributed by atoms with Gasteiger partial charge in [-0.25, -0.2) is 4.79 Å². The van der Waals surface area contributed by atoms with Crippen LogP contribution in [0.1, 0.15) is 11.1 Å². The zero-order chi connectivity index (χ0) is 20.3. The number of carbonyl (C=O) groups is 1. The lowest BCUT2D eigenvalue weighted by Gasteiger charge is -2.10. The lowest BCUT2D eigenvalue weighted by molar-refractivity contribution is -0.136. The highest BCUT2D eigenvalue weighted by molar-refractivity contribution is 7.87. The van der Waals surface area contributed by atoms with E-state index in [-0.39, 0.29) is 16.2 Å². The molecule has 1 aliphatic rings. The maximum atomic E-state index is 12.6. The number of oxime groups is 1. The van der Waals surface area contributed by atoms with E-state index in [1.54, 1.807) is 48.5 Å². The van der Waals surface area contributed by atoms with Crippen molar-refractivity contribution in [1.29, 1.82) is 0 Å². The monoisotopic (exact) mass is 405 g/mol. The van der Waals surface area contributed by atoms with E-state index in [9.17, 15) is 13.2 Å². The molecule has 29 heavy (non-hydrogen) atoms. The van der Waals surface area contributed by atoms with Gasteiger partial charge in [0.15, 0.2) is 0 Å².